The molecule has 1 aliphatic rings. The van der Waals surface area contributed by atoms with Crippen LogP contribution in [0.3, 0.4) is 0 Å². The molecule has 3 aromatic rings. The highest BCUT2D eigenvalue weighted by atomic mass is 19.4. The number of alkyl halides is 3. The number of hydrazone groups is 2. The van der Waals surface area contributed by atoms with Crippen LogP contribution in [0.2, 0.25) is 0 Å². The maximum absolute atomic E-state index is 14.1. The third-order valence-electron chi connectivity index (χ3n) is 5.05. The van der Waals surface area contributed by atoms with Crippen molar-refractivity contribution < 1.29 is 18.0 Å². The predicted octanol–water partition coefficient (Wildman–Crippen LogP) is 3.42. The lowest BCUT2D eigenvalue weighted by Gasteiger charge is -2.15. The fraction of sp³-hybridized carbons (Fsp3) is 0.143. The summed E-state index contributed by atoms with van der Waals surface area (Å²) in [5.41, 5.74) is -0.326. The molecule has 2 N–H and O–H groups in total. The molecule has 4 rings (SSSR count). The Balaban J connectivity index is 1.72. The highest BCUT2D eigenvalue weighted by Crippen LogP contribution is 2.36. The van der Waals surface area contributed by atoms with Crippen molar-refractivity contribution in [1.29, 1.82) is 5.26 Å². The number of fused-ring (bicyclic) bond motifs is 1. The lowest BCUT2D eigenvalue weighted by molar-refractivity contribution is -0.143. The maximum atomic E-state index is 14.1. The van der Waals surface area contributed by atoms with Gasteiger partial charge in [0.15, 0.2) is 11.5 Å². The molecule has 1 aromatic carbocycles. The monoisotopic (exact) mass is 467 g/mol. The zero-order valence-corrected chi connectivity index (χ0v) is 17.5. The number of amides is 1. The van der Waals surface area contributed by atoms with Crippen molar-refractivity contribution in [2.75, 3.05) is 22.3 Å². The second-order valence-electron chi connectivity index (χ2n) is 7.03. The highest BCUT2D eigenvalue weighted by molar-refractivity contribution is 6.05. The fourth-order valence-electron chi connectivity index (χ4n) is 3.64. The third kappa shape index (κ3) is 3.92. The molecule has 34 heavy (non-hydrogen) atoms. The van der Waals surface area contributed by atoms with E-state index in [9.17, 15) is 23.2 Å². The Bertz CT molecular complexity index is 1330. The molecule has 0 saturated carbocycles. The summed E-state index contributed by atoms with van der Waals surface area (Å²) >= 11 is 0. The Hall–Kier alpha value is -4.73. The van der Waals surface area contributed by atoms with E-state index in [1.54, 1.807) is 12.1 Å². The molecule has 172 valence electrons. The van der Waals surface area contributed by atoms with Crippen molar-refractivity contribution >= 4 is 36.5 Å². The molecule has 0 aliphatic carbocycles. The van der Waals surface area contributed by atoms with E-state index >= 15 is 0 Å². The molecule has 0 radical (unpaired) electrons. The summed E-state index contributed by atoms with van der Waals surface area (Å²) in [7, 11) is 0. The van der Waals surface area contributed by atoms with Gasteiger partial charge in [-0.3, -0.25) is 4.79 Å². The molecule has 13 heteroatoms. The minimum absolute atomic E-state index is 0.0101. The largest absolute Gasteiger partial charge is 0.434 e. The van der Waals surface area contributed by atoms with Crippen LogP contribution in [0.15, 0.2) is 46.9 Å². The van der Waals surface area contributed by atoms with Crippen LogP contribution in [0.4, 0.5) is 30.4 Å². The van der Waals surface area contributed by atoms with Crippen LogP contribution in [-0.2, 0) is 12.6 Å². The second-order valence-corrected chi connectivity index (χ2v) is 7.03. The highest BCUT2D eigenvalue weighted by Gasteiger charge is 2.41. The molecule has 2 aromatic heterocycles. The van der Waals surface area contributed by atoms with E-state index in [0.717, 1.165) is 27.9 Å². The number of anilines is 3. The number of aromatic nitrogens is 3. The molecule has 3 heterocycles. The number of nitrogens with zero attached hydrogens (tertiary/aromatic N) is 7. The van der Waals surface area contributed by atoms with Gasteiger partial charge in [-0.05, 0) is 24.6 Å². The van der Waals surface area contributed by atoms with Crippen LogP contribution in [0.1, 0.15) is 27.2 Å². The van der Waals surface area contributed by atoms with Gasteiger partial charge in [0.1, 0.15) is 11.6 Å². The number of nitriles is 1. The molecular formula is C21H16F3N9O. The van der Waals surface area contributed by atoms with E-state index in [1.165, 1.54) is 12.1 Å². The zero-order valence-electron chi connectivity index (χ0n) is 17.5. The number of carbonyl (C=O) groups is 1. The predicted molar refractivity (Wildman–Crippen MR) is 119 cm³/mol. The summed E-state index contributed by atoms with van der Waals surface area (Å²) in [4.78, 5) is 16.8. The van der Waals surface area contributed by atoms with Crippen LogP contribution in [0, 0.1) is 11.3 Å². The van der Waals surface area contributed by atoms with Crippen molar-refractivity contribution in [1.82, 2.24) is 14.8 Å². The van der Waals surface area contributed by atoms with Gasteiger partial charge in [-0.2, -0.15) is 33.7 Å². The minimum atomic E-state index is -4.87. The summed E-state index contributed by atoms with van der Waals surface area (Å²) < 4.78 is 42.9. The molecule has 0 bridgehead atoms. The Kier molecular flexibility index (Phi) is 5.72. The molecule has 0 atom stereocenters. The molecule has 0 spiro atoms. The first-order valence-corrected chi connectivity index (χ1v) is 9.74. The fourth-order valence-corrected chi connectivity index (χ4v) is 3.64. The number of carbonyl (C=O) groups excluding carboxylic acids is 1. The van der Waals surface area contributed by atoms with Crippen LogP contribution >= 0.6 is 0 Å². The van der Waals surface area contributed by atoms with E-state index in [-0.39, 0.29) is 22.8 Å². The van der Waals surface area contributed by atoms with Crippen molar-refractivity contribution in [3.8, 4) is 11.8 Å². The summed E-state index contributed by atoms with van der Waals surface area (Å²) in [6, 6.07) is 7.97. The number of nitrogens with one attached hydrogen (secondary N) is 2. The van der Waals surface area contributed by atoms with E-state index in [0.29, 0.717) is 18.5 Å². The lowest BCUT2D eigenvalue weighted by Crippen LogP contribution is -2.21. The number of rotatable bonds is 6. The molecular weight excluding hydrogens is 451 g/mol. The molecule has 1 aliphatic heterocycles. The van der Waals surface area contributed by atoms with Crippen molar-refractivity contribution in [2.45, 2.75) is 12.6 Å². The quantitative estimate of drug-likeness (QED) is 0.423. The van der Waals surface area contributed by atoms with Gasteiger partial charge in [0.25, 0.3) is 5.91 Å². The van der Waals surface area contributed by atoms with Crippen molar-refractivity contribution in [3.05, 3.63) is 59.0 Å². The van der Waals surface area contributed by atoms with E-state index in [2.05, 4.69) is 44.4 Å². The average molecular weight is 467 g/mol. The number of pyridine rings is 1. The van der Waals surface area contributed by atoms with E-state index < -0.39 is 23.3 Å². The summed E-state index contributed by atoms with van der Waals surface area (Å²) in [6.45, 7) is 7.15. The van der Waals surface area contributed by atoms with Gasteiger partial charge in [-0.15, -0.1) is 5.12 Å². The summed E-state index contributed by atoms with van der Waals surface area (Å²) in [6.07, 6.45) is -2.35. The van der Waals surface area contributed by atoms with Gasteiger partial charge in [-0.1, -0.05) is 6.07 Å². The first-order chi connectivity index (χ1) is 16.3. The SMILES string of the molecule is C=NN(N=C)c1ncc(NC(=O)c2cnn(-c3cccc4c3CCN4)c2C(F)(F)F)cc1C#N. The minimum Gasteiger partial charge on any atom is -0.384 e. The normalized spacial score (nSPS) is 12.3. The first kappa shape index (κ1) is 22.5. The van der Waals surface area contributed by atoms with Gasteiger partial charge >= 0.3 is 6.18 Å². The van der Waals surface area contributed by atoms with Crippen LogP contribution in [-0.4, -0.2) is 40.7 Å². The Labute approximate surface area is 191 Å². The standard InChI is InChI=1S/C21H16F3N9O/c1-26-33(27-2)19-12(9-25)8-13(10-29-19)31-20(34)15-11-30-32(18(15)21(22,23)24)17-5-3-4-16-14(17)6-7-28-16/h3-5,8,10-11,28H,1-2,6-7H2,(H,31,34). The van der Waals surface area contributed by atoms with Crippen molar-refractivity contribution in [2.24, 2.45) is 10.2 Å². The van der Waals surface area contributed by atoms with Crippen molar-refractivity contribution in [3.63, 3.8) is 0 Å². The zero-order chi connectivity index (χ0) is 24.5. The van der Waals surface area contributed by atoms with Crippen LogP contribution in [0.25, 0.3) is 5.69 Å². The third-order valence-corrected chi connectivity index (χ3v) is 5.05. The number of hydrogen-bond acceptors (Lipinski definition) is 8. The second kappa shape index (κ2) is 8.66. The van der Waals surface area contributed by atoms with Gasteiger partial charge in [0.2, 0.25) is 0 Å². The van der Waals surface area contributed by atoms with E-state index in [4.69, 9.17) is 0 Å². The first-order valence-electron chi connectivity index (χ1n) is 9.74. The number of halogens is 3. The smallest absolute Gasteiger partial charge is 0.384 e. The number of benzene rings is 1. The van der Waals surface area contributed by atoms with Crippen LogP contribution < -0.4 is 15.8 Å². The molecule has 1 amide bonds. The molecule has 0 unspecified atom stereocenters. The lowest BCUT2D eigenvalue weighted by atomic mass is 10.1. The molecule has 0 fully saturated rings. The summed E-state index contributed by atoms with van der Waals surface area (Å²) in [5.74, 6) is -1.08. The van der Waals surface area contributed by atoms with Gasteiger partial charge in [0.05, 0.1) is 29.3 Å². The Morgan fingerprint density at radius 1 is 1.29 bits per heavy atom. The van der Waals surface area contributed by atoms with Gasteiger partial charge in [0, 0.05) is 31.2 Å². The van der Waals surface area contributed by atoms with Crippen LogP contribution in [0.5, 0.6) is 0 Å². The Morgan fingerprint density at radius 3 is 2.74 bits per heavy atom. The number of hydrogen-bond donors (Lipinski definition) is 2. The van der Waals surface area contributed by atoms with Gasteiger partial charge in [-0.25, -0.2) is 9.67 Å². The topological polar surface area (TPSA) is 124 Å². The molecule has 0 saturated heterocycles. The summed E-state index contributed by atoms with van der Waals surface area (Å²) in [5, 5.41) is 26.6. The van der Waals surface area contributed by atoms with Gasteiger partial charge < -0.3 is 10.6 Å². The average Bonchev–Trinajstić information content (AvgIpc) is 3.47. The molecule has 10 nitrogen and oxygen atoms in total. The van der Waals surface area contributed by atoms with E-state index in [1.807, 2.05) is 6.07 Å². The maximum Gasteiger partial charge on any atom is 0.434 e. The Morgan fingerprint density at radius 2 is 2.06 bits per heavy atom.